The number of benzene rings is 2. The molecule has 3 amide bonds. The van der Waals surface area contributed by atoms with Gasteiger partial charge in [-0.2, -0.15) is 0 Å². The van der Waals surface area contributed by atoms with Gasteiger partial charge in [-0.1, -0.05) is 31.0 Å². The molecule has 2 aromatic rings. The molecule has 15 heteroatoms. The molecule has 336 valence electrons. The van der Waals surface area contributed by atoms with Gasteiger partial charge in [0.1, 0.15) is 46.7 Å². The molecule has 0 atom stereocenters. The summed E-state index contributed by atoms with van der Waals surface area (Å²) in [6, 6.07) is 12.6. The number of ether oxygens (including phenoxy) is 5. The van der Waals surface area contributed by atoms with Crippen molar-refractivity contribution < 1.29 is 42.9 Å². The summed E-state index contributed by atoms with van der Waals surface area (Å²) in [5, 5.41) is 3.00. The van der Waals surface area contributed by atoms with Crippen LogP contribution in [0.5, 0.6) is 11.5 Å². The number of unbranched alkanes of at least 4 members (excludes halogenated alkanes) is 3. The summed E-state index contributed by atoms with van der Waals surface area (Å²) in [5.41, 5.74) is 1.85. The van der Waals surface area contributed by atoms with Crippen LogP contribution < -0.4 is 14.8 Å². The van der Waals surface area contributed by atoms with Gasteiger partial charge in [0.2, 0.25) is 5.91 Å². The molecule has 0 bridgehead atoms. The number of nitrogens with one attached hydrogen (secondary N) is 1. The lowest BCUT2D eigenvalue weighted by atomic mass is 9.84. The van der Waals surface area contributed by atoms with E-state index in [1.807, 2.05) is 31.2 Å². The zero-order chi connectivity index (χ0) is 44.6. The van der Waals surface area contributed by atoms with Crippen molar-refractivity contribution in [1.82, 2.24) is 15.1 Å². The minimum absolute atomic E-state index is 0.0136. The van der Waals surface area contributed by atoms with E-state index in [0.29, 0.717) is 97.9 Å². The average molecular weight is 876 g/mol. The summed E-state index contributed by atoms with van der Waals surface area (Å²) in [5.74, 6) is 1.59. The number of amides is 3. The number of alkyl halides is 1. The first kappa shape index (κ1) is 48.0. The molecule has 1 N–H and O–H groups in total. The number of carbonyl (C=O) groups is 4. The number of rotatable bonds is 22. The van der Waals surface area contributed by atoms with E-state index in [-0.39, 0.29) is 42.4 Å². The largest absolute Gasteiger partial charge is 0.497 e. The van der Waals surface area contributed by atoms with Crippen LogP contribution >= 0.6 is 11.6 Å². The van der Waals surface area contributed by atoms with E-state index in [4.69, 9.17) is 40.3 Å². The second kappa shape index (κ2) is 23.4. The molecule has 5 rings (SSSR count). The van der Waals surface area contributed by atoms with Crippen LogP contribution in [-0.2, 0) is 39.8 Å². The van der Waals surface area contributed by atoms with Crippen LogP contribution in [0.15, 0.2) is 63.8 Å². The lowest BCUT2D eigenvalue weighted by molar-refractivity contribution is -0.156. The third kappa shape index (κ3) is 14.0. The third-order valence-electron chi connectivity index (χ3n) is 10.7. The molecule has 0 unspecified atom stereocenters. The van der Waals surface area contributed by atoms with Crippen molar-refractivity contribution in [2.75, 3.05) is 59.6 Å². The Morgan fingerprint density at radius 1 is 0.823 bits per heavy atom. The van der Waals surface area contributed by atoms with E-state index < -0.39 is 17.5 Å². The molecular weight excluding hydrogens is 814 g/mol. The van der Waals surface area contributed by atoms with Crippen LogP contribution in [-0.4, -0.2) is 116 Å². The van der Waals surface area contributed by atoms with Crippen LogP contribution in [0.25, 0.3) is 12.2 Å². The maximum atomic E-state index is 13.9. The number of aliphatic imine (C=N–C) groups is 2. The Balaban J connectivity index is 1.18. The zero-order valence-electron chi connectivity index (χ0n) is 37.0. The number of esters is 1. The molecular formula is C47H62ClN5O9. The maximum absolute atomic E-state index is 13.9. The zero-order valence-corrected chi connectivity index (χ0v) is 37.8. The van der Waals surface area contributed by atoms with Crippen molar-refractivity contribution >= 4 is 59.1 Å². The fourth-order valence-corrected chi connectivity index (χ4v) is 7.83. The van der Waals surface area contributed by atoms with Gasteiger partial charge in [0, 0.05) is 43.0 Å². The molecule has 0 radical (unpaired) electrons. The van der Waals surface area contributed by atoms with Crippen LogP contribution in [0.4, 0.5) is 0 Å². The fourth-order valence-electron chi connectivity index (χ4n) is 7.64. The van der Waals surface area contributed by atoms with Crippen molar-refractivity contribution in [3.8, 4) is 11.5 Å². The van der Waals surface area contributed by atoms with Gasteiger partial charge in [-0.05, 0) is 114 Å². The summed E-state index contributed by atoms with van der Waals surface area (Å²) in [4.78, 5) is 66.0. The van der Waals surface area contributed by atoms with Crippen LogP contribution in [0.2, 0.25) is 0 Å². The first-order chi connectivity index (χ1) is 29.8. The van der Waals surface area contributed by atoms with E-state index in [1.54, 1.807) is 70.2 Å². The van der Waals surface area contributed by atoms with Crippen molar-refractivity contribution in [3.05, 3.63) is 70.5 Å². The molecule has 1 saturated carbocycles. The van der Waals surface area contributed by atoms with E-state index in [2.05, 4.69) is 10.3 Å². The molecule has 1 aliphatic carbocycles. The number of halogens is 1. The Bertz CT molecular complexity index is 2000. The predicted molar refractivity (Wildman–Crippen MR) is 240 cm³/mol. The number of hydrogen-bond acceptors (Lipinski definition) is 11. The number of nitrogens with zero attached hydrogens (tertiary/aromatic N) is 4. The molecule has 1 fully saturated rings. The second-order valence-electron chi connectivity index (χ2n) is 16.5. The average Bonchev–Trinajstić information content (AvgIpc) is 3.68. The topological polar surface area (TPSA) is 158 Å². The highest BCUT2D eigenvalue weighted by Crippen LogP contribution is 2.33. The highest BCUT2D eigenvalue weighted by Gasteiger charge is 2.37. The monoisotopic (exact) mass is 875 g/mol. The molecule has 62 heavy (non-hydrogen) atoms. The van der Waals surface area contributed by atoms with Crippen molar-refractivity contribution in [3.63, 3.8) is 0 Å². The van der Waals surface area contributed by atoms with Gasteiger partial charge >= 0.3 is 5.97 Å². The minimum atomic E-state index is -0.745. The van der Waals surface area contributed by atoms with E-state index in [1.165, 1.54) is 4.90 Å². The molecule has 0 spiro atoms. The number of methoxy groups -OCH3 is 2. The van der Waals surface area contributed by atoms with Crippen molar-refractivity contribution in [2.24, 2.45) is 15.9 Å². The first-order valence-electron chi connectivity index (χ1n) is 21.5. The highest BCUT2D eigenvalue weighted by atomic mass is 35.5. The Kier molecular flexibility index (Phi) is 18.1. The van der Waals surface area contributed by atoms with Crippen molar-refractivity contribution in [1.29, 1.82) is 0 Å². The Morgan fingerprint density at radius 2 is 1.48 bits per heavy atom. The standard InChI is InChI=1S/C47H62ClN5O9/c1-32-50-40(46(57)53(32)37-16-14-35(15-17-37)44(55)49-22-24-61-26-25-60-23-10-8-7-9-21-48)29-34-13-20-41(59-6)36(27-34)30-42-51-39(28-33-11-18-38(58-5)19-12-33)45(56)52(42)31-43(54)62-47(2,3)4/h11-13,18-20,27-29,35,37H,7-10,14-17,21-26,30-31H2,1-6H3,(H,49,55)/b39-28-,40-29-. The highest BCUT2D eigenvalue weighted by molar-refractivity contribution is 6.18. The predicted octanol–water partition coefficient (Wildman–Crippen LogP) is 6.98. The normalized spacial score (nSPS) is 19.3. The number of hydrogen-bond donors (Lipinski definition) is 1. The lowest BCUT2D eigenvalue weighted by Crippen LogP contribution is -2.44. The van der Waals surface area contributed by atoms with Gasteiger partial charge in [0.25, 0.3) is 11.8 Å². The van der Waals surface area contributed by atoms with E-state index >= 15 is 0 Å². The van der Waals surface area contributed by atoms with Gasteiger partial charge in [0.05, 0.1) is 34.0 Å². The SMILES string of the molecule is COc1ccc(/C=C2\N=C(Cc3cc(/C=C4\N=C(C)N(C5CCC(C(=O)NCCOCCOCCCCCCCl)CC5)C4=O)ccc3OC)N(CC(=O)OC(C)(C)C)C2=O)cc1. The molecule has 0 saturated heterocycles. The fraction of sp³-hybridized carbons (Fsp3) is 0.532. The Labute approximate surface area is 370 Å². The van der Waals surface area contributed by atoms with Crippen molar-refractivity contribution in [2.45, 2.75) is 97.1 Å². The molecule has 3 aliphatic rings. The summed E-state index contributed by atoms with van der Waals surface area (Å²) in [6.45, 7) is 9.41. The molecule has 2 heterocycles. The number of amidine groups is 2. The summed E-state index contributed by atoms with van der Waals surface area (Å²) in [6.07, 6.45) is 10.6. The van der Waals surface area contributed by atoms with Gasteiger partial charge in [-0.3, -0.25) is 29.0 Å². The summed E-state index contributed by atoms with van der Waals surface area (Å²) >= 11 is 5.71. The number of carbonyl (C=O) groups excluding carboxylic acids is 4. The third-order valence-corrected chi connectivity index (χ3v) is 11.0. The van der Waals surface area contributed by atoms with Gasteiger partial charge in [-0.15, -0.1) is 11.6 Å². The first-order valence-corrected chi connectivity index (χ1v) is 22.1. The van der Waals surface area contributed by atoms with Gasteiger partial charge < -0.3 is 29.0 Å². The Hall–Kier alpha value is -5.05. The van der Waals surface area contributed by atoms with Gasteiger partial charge in [-0.25, -0.2) is 9.98 Å². The minimum Gasteiger partial charge on any atom is -0.497 e. The van der Waals surface area contributed by atoms with E-state index in [9.17, 15) is 19.2 Å². The Morgan fingerprint density at radius 3 is 2.16 bits per heavy atom. The second-order valence-corrected chi connectivity index (χ2v) is 16.9. The van der Waals surface area contributed by atoms with E-state index in [0.717, 1.165) is 37.9 Å². The van der Waals surface area contributed by atoms with Crippen LogP contribution in [0.1, 0.15) is 95.8 Å². The molecule has 14 nitrogen and oxygen atoms in total. The quantitative estimate of drug-likeness (QED) is 0.0571. The van der Waals surface area contributed by atoms with Gasteiger partial charge in [0.15, 0.2) is 0 Å². The lowest BCUT2D eigenvalue weighted by Gasteiger charge is -2.33. The molecule has 2 aromatic carbocycles. The maximum Gasteiger partial charge on any atom is 0.326 e. The summed E-state index contributed by atoms with van der Waals surface area (Å²) < 4.78 is 27.8. The smallest absolute Gasteiger partial charge is 0.326 e. The molecule has 0 aromatic heterocycles. The van der Waals surface area contributed by atoms with Crippen LogP contribution in [0.3, 0.4) is 0 Å². The van der Waals surface area contributed by atoms with Crippen LogP contribution in [0, 0.1) is 5.92 Å². The molecule has 2 aliphatic heterocycles. The summed E-state index contributed by atoms with van der Waals surface area (Å²) in [7, 11) is 3.13.